The molecule has 116 valence electrons. The van der Waals surface area contributed by atoms with Crippen LogP contribution in [-0.4, -0.2) is 15.5 Å². The Morgan fingerprint density at radius 3 is 2.65 bits per heavy atom. The highest BCUT2D eigenvalue weighted by Crippen LogP contribution is 2.16. The number of benzene rings is 2. The van der Waals surface area contributed by atoms with Crippen molar-refractivity contribution in [3.05, 3.63) is 84.2 Å². The van der Waals surface area contributed by atoms with Crippen LogP contribution < -0.4 is 5.32 Å². The highest BCUT2D eigenvalue weighted by atomic mass is 19.1. The summed E-state index contributed by atoms with van der Waals surface area (Å²) in [5, 5.41) is 2.87. The van der Waals surface area contributed by atoms with E-state index >= 15 is 0 Å². The summed E-state index contributed by atoms with van der Waals surface area (Å²) in [6.07, 6.45) is 5.31. The van der Waals surface area contributed by atoms with E-state index in [4.69, 9.17) is 0 Å². The molecule has 0 fully saturated rings. The minimum Gasteiger partial charge on any atom is -0.346 e. The number of imidazole rings is 1. The number of nitrogens with one attached hydrogen (secondary N) is 1. The fourth-order valence-corrected chi connectivity index (χ4v) is 2.34. The lowest BCUT2D eigenvalue weighted by Crippen LogP contribution is -2.26. The Hall–Kier alpha value is -2.95. The van der Waals surface area contributed by atoms with Crippen molar-refractivity contribution < 1.29 is 9.18 Å². The van der Waals surface area contributed by atoms with E-state index in [0.717, 1.165) is 11.3 Å². The van der Waals surface area contributed by atoms with Crippen molar-refractivity contribution in [2.75, 3.05) is 0 Å². The van der Waals surface area contributed by atoms with Gasteiger partial charge in [0.05, 0.1) is 12.4 Å². The first kappa shape index (κ1) is 15.0. The predicted octanol–water partition coefficient (Wildman–Crippen LogP) is 3.50. The van der Waals surface area contributed by atoms with E-state index in [1.165, 1.54) is 18.2 Å². The second kappa shape index (κ2) is 6.44. The number of halogens is 1. The molecule has 3 aromatic rings. The van der Waals surface area contributed by atoms with E-state index in [2.05, 4.69) is 10.3 Å². The predicted molar refractivity (Wildman–Crippen MR) is 85.8 cm³/mol. The van der Waals surface area contributed by atoms with Crippen LogP contribution in [-0.2, 0) is 0 Å². The Morgan fingerprint density at radius 2 is 2.00 bits per heavy atom. The molecule has 0 radical (unpaired) electrons. The summed E-state index contributed by atoms with van der Waals surface area (Å²) < 4.78 is 15.1. The summed E-state index contributed by atoms with van der Waals surface area (Å²) in [7, 11) is 0. The molecule has 1 N–H and O–H groups in total. The van der Waals surface area contributed by atoms with E-state index in [-0.39, 0.29) is 11.9 Å². The van der Waals surface area contributed by atoms with Crippen LogP contribution in [0.25, 0.3) is 5.69 Å². The van der Waals surface area contributed by atoms with Crippen molar-refractivity contribution in [3.8, 4) is 5.69 Å². The van der Waals surface area contributed by atoms with Gasteiger partial charge in [0.2, 0.25) is 0 Å². The van der Waals surface area contributed by atoms with E-state index in [0.29, 0.717) is 5.56 Å². The monoisotopic (exact) mass is 309 g/mol. The summed E-state index contributed by atoms with van der Waals surface area (Å²) in [5.41, 5.74) is 2.28. The summed E-state index contributed by atoms with van der Waals surface area (Å²) in [4.78, 5) is 16.2. The van der Waals surface area contributed by atoms with Gasteiger partial charge in [-0.2, -0.15) is 0 Å². The molecular formula is C18H16FN3O. The Morgan fingerprint density at radius 1 is 1.22 bits per heavy atom. The molecule has 1 atom stereocenters. The fraction of sp³-hybridized carbons (Fsp3) is 0.111. The zero-order chi connectivity index (χ0) is 16.2. The minimum atomic E-state index is -0.421. The van der Waals surface area contributed by atoms with Gasteiger partial charge >= 0.3 is 0 Å². The minimum absolute atomic E-state index is 0.178. The van der Waals surface area contributed by atoms with Crippen molar-refractivity contribution in [2.45, 2.75) is 13.0 Å². The molecule has 0 aliphatic carbocycles. The third-order valence-corrected chi connectivity index (χ3v) is 3.63. The van der Waals surface area contributed by atoms with Crippen LogP contribution in [0.15, 0.2) is 67.3 Å². The maximum atomic E-state index is 13.2. The second-order valence-electron chi connectivity index (χ2n) is 5.27. The van der Waals surface area contributed by atoms with Gasteiger partial charge in [-0.15, -0.1) is 0 Å². The molecular weight excluding hydrogens is 293 g/mol. The largest absolute Gasteiger partial charge is 0.346 e. The lowest BCUT2D eigenvalue weighted by Gasteiger charge is -2.15. The highest BCUT2D eigenvalue weighted by Gasteiger charge is 2.12. The van der Waals surface area contributed by atoms with E-state index in [1.54, 1.807) is 18.6 Å². The van der Waals surface area contributed by atoms with Gasteiger partial charge in [-0.05, 0) is 42.8 Å². The smallest absolute Gasteiger partial charge is 0.251 e. The van der Waals surface area contributed by atoms with Gasteiger partial charge in [0, 0.05) is 23.6 Å². The number of aromatic nitrogens is 2. The molecule has 1 amide bonds. The van der Waals surface area contributed by atoms with Crippen LogP contribution in [0.2, 0.25) is 0 Å². The van der Waals surface area contributed by atoms with E-state index in [1.807, 2.05) is 42.0 Å². The SMILES string of the molecule is C[C@H](NC(=O)c1cccc(F)c1)c1ccc(-n2ccnc2)cc1. The van der Waals surface area contributed by atoms with Crippen molar-refractivity contribution in [1.29, 1.82) is 0 Å². The van der Waals surface area contributed by atoms with Crippen LogP contribution in [0.5, 0.6) is 0 Å². The molecule has 0 saturated heterocycles. The average molecular weight is 309 g/mol. The molecule has 0 spiro atoms. The van der Waals surface area contributed by atoms with Crippen molar-refractivity contribution in [3.63, 3.8) is 0 Å². The molecule has 1 heterocycles. The van der Waals surface area contributed by atoms with Gasteiger partial charge in [-0.25, -0.2) is 9.37 Å². The first-order valence-electron chi connectivity index (χ1n) is 7.28. The summed E-state index contributed by atoms with van der Waals surface area (Å²) in [6.45, 7) is 1.89. The maximum absolute atomic E-state index is 13.2. The van der Waals surface area contributed by atoms with Crippen molar-refractivity contribution >= 4 is 5.91 Å². The topological polar surface area (TPSA) is 46.9 Å². The Labute approximate surface area is 133 Å². The zero-order valence-corrected chi connectivity index (χ0v) is 12.6. The lowest BCUT2D eigenvalue weighted by atomic mass is 10.1. The van der Waals surface area contributed by atoms with Crippen LogP contribution in [0, 0.1) is 5.82 Å². The molecule has 0 aliphatic heterocycles. The number of nitrogens with zero attached hydrogens (tertiary/aromatic N) is 2. The Kier molecular flexibility index (Phi) is 4.19. The molecule has 0 aliphatic rings. The molecule has 2 aromatic carbocycles. The van der Waals surface area contributed by atoms with Crippen LogP contribution >= 0.6 is 0 Å². The summed E-state index contributed by atoms with van der Waals surface area (Å²) >= 11 is 0. The first-order valence-corrected chi connectivity index (χ1v) is 7.28. The fourth-order valence-electron chi connectivity index (χ4n) is 2.34. The molecule has 5 heteroatoms. The van der Waals surface area contributed by atoms with Crippen molar-refractivity contribution in [1.82, 2.24) is 14.9 Å². The van der Waals surface area contributed by atoms with Gasteiger partial charge in [0.1, 0.15) is 5.82 Å². The van der Waals surface area contributed by atoms with Gasteiger partial charge in [-0.1, -0.05) is 18.2 Å². The first-order chi connectivity index (χ1) is 11.1. The number of hydrogen-bond donors (Lipinski definition) is 1. The van der Waals surface area contributed by atoms with Gasteiger partial charge in [-0.3, -0.25) is 4.79 Å². The highest BCUT2D eigenvalue weighted by molar-refractivity contribution is 5.94. The molecule has 1 aromatic heterocycles. The molecule has 0 bridgehead atoms. The second-order valence-corrected chi connectivity index (χ2v) is 5.27. The van der Waals surface area contributed by atoms with Crippen LogP contribution in [0.4, 0.5) is 4.39 Å². The Bertz CT molecular complexity index is 797. The third kappa shape index (κ3) is 3.45. The third-order valence-electron chi connectivity index (χ3n) is 3.63. The molecule has 4 nitrogen and oxygen atoms in total. The van der Waals surface area contributed by atoms with Gasteiger partial charge < -0.3 is 9.88 Å². The van der Waals surface area contributed by atoms with Crippen molar-refractivity contribution in [2.24, 2.45) is 0 Å². The lowest BCUT2D eigenvalue weighted by molar-refractivity contribution is 0.0939. The quantitative estimate of drug-likeness (QED) is 0.802. The molecule has 3 rings (SSSR count). The normalized spacial score (nSPS) is 11.9. The molecule has 0 unspecified atom stereocenters. The molecule has 23 heavy (non-hydrogen) atoms. The van der Waals surface area contributed by atoms with E-state index < -0.39 is 5.82 Å². The number of hydrogen-bond acceptors (Lipinski definition) is 2. The summed E-state index contributed by atoms with van der Waals surface area (Å²) in [6, 6.07) is 13.3. The van der Waals surface area contributed by atoms with Crippen LogP contribution in [0.1, 0.15) is 28.9 Å². The molecule has 0 saturated carbocycles. The number of amides is 1. The van der Waals surface area contributed by atoms with Gasteiger partial charge in [0.25, 0.3) is 5.91 Å². The Balaban J connectivity index is 1.70. The maximum Gasteiger partial charge on any atom is 0.251 e. The average Bonchev–Trinajstić information content (AvgIpc) is 3.09. The number of carbonyl (C=O) groups is 1. The van der Waals surface area contributed by atoms with Gasteiger partial charge in [0.15, 0.2) is 0 Å². The number of carbonyl (C=O) groups excluding carboxylic acids is 1. The standard InChI is InChI=1S/C18H16FN3O/c1-13(21-18(23)15-3-2-4-16(19)11-15)14-5-7-17(8-6-14)22-10-9-20-12-22/h2-13H,1H3,(H,21,23)/t13-/m0/s1. The van der Waals surface area contributed by atoms with Crippen LogP contribution in [0.3, 0.4) is 0 Å². The number of rotatable bonds is 4. The zero-order valence-electron chi connectivity index (χ0n) is 12.6. The van der Waals surface area contributed by atoms with E-state index in [9.17, 15) is 9.18 Å². The summed E-state index contributed by atoms with van der Waals surface area (Å²) in [5.74, 6) is -0.717.